The largest absolute Gasteiger partial charge is 0.388 e. The van der Waals surface area contributed by atoms with Gasteiger partial charge in [0.1, 0.15) is 0 Å². The summed E-state index contributed by atoms with van der Waals surface area (Å²) < 4.78 is 0. The fourth-order valence-electron chi connectivity index (χ4n) is 0. The third-order valence-electron chi connectivity index (χ3n) is 0. The standard InChI is InChI=1S/C2H6N2/c1-2(3)4/h1H3,(H3,3,4)/i1+1,2+1. The molecule has 0 unspecified atom stereocenters. The van der Waals surface area contributed by atoms with E-state index in [1.165, 1.54) is 6.92 Å². The fraction of sp³-hybridized carbons (Fsp3) is 0.500. The molecule has 0 aromatic rings. The molecule has 4 heavy (non-hydrogen) atoms. The first-order valence-corrected chi connectivity index (χ1v) is 1.04. The summed E-state index contributed by atoms with van der Waals surface area (Å²) >= 11 is 0. The summed E-state index contributed by atoms with van der Waals surface area (Å²) in [6.45, 7) is 1.53. The first-order valence-electron chi connectivity index (χ1n) is 1.04. The molecule has 3 N–H and O–H groups in total. The van der Waals surface area contributed by atoms with Crippen LogP contribution in [0.5, 0.6) is 0 Å². The molecule has 0 amide bonds. The molecule has 0 saturated carbocycles. The average molecular weight is 60.1 g/mol. The molecule has 0 aliphatic heterocycles. The minimum atomic E-state index is 0.167. The molecule has 0 spiro atoms. The van der Waals surface area contributed by atoms with E-state index in [1.807, 2.05) is 0 Å². The highest BCUT2D eigenvalue weighted by molar-refractivity contribution is 5.73. The van der Waals surface area contributed by atoms with E-state index in [-0.39, 0.29) is 5.84 Å². The Hall–Kier alpha value is -0.530. The summed E-state index contributed by atoms with van der Waals surface area (Å²) in [4.78, 5) is 0. The van der Waals surface area contributed by atoms with Crippen molar-refractivity contribution in [3.63, 3.8) is 0 Å². The molecule has 0 saturated heterocycles. The Bertz CT molecular complexity index is 27.0. The van der Waals surface area contributed by atoms with E-state index in [2.05, 4.69) is 0 Å². The van der Waals surface area contributed by atoms with Crippen molar-refractivity contribution in [3.8, 4) is 0 Å². The summed E-state index contributed by atoms with van der Waals surface area (Å²) in [5.41, 5.74) is 4.69. The number of hydrogen-bond donors (Lipinski definition) is 2. The molecule has 2 nitrogen and oxygen atoms in total. The van der Waals surface area contributed by atoms with Crippen LogP contribution in [0.1, 0.15) is 6.92 Å². The van der Waals surface area contributed by atoms with Crippen LogP contribution in [-0.2, 0) is 0 Å². The second-order valence-corrected chi connectivity index (χ2v) is 0.683. The average Bonchev–Trinajstić information content (AvgIpc) is 0.811. The summed E-state index contributed by atoms with van der Waals surface area (Å²) in [7, 11) is 0. The maximum Gasteiger partial charge on any atom is 0.0873 e. The molecule has 0 heterocycles. The lowest BCUT2D eigenvalue weighted by molar-refractivity contribution is 1.42. The predicted molar refractivity (Wildman–Crippen MR) is 17.6 cm³/mol. The molecule has 0 radical (unpaired) electrons. The third-order valence-corrected chi connectivity index (χ3v) is 0. The van der Waals surface area contributed by atoms with Crippen molar-refractivity contribution in [2.24, 2.45) is 5.73 Å². The van der Waals surface area contributed by atoms with Crippen molar-refractivity contribution in [3.05, 3.63) is 0 Å². The maximum absolute atomic E-state index is 6.28. The highest BCUT2D eigenvalue weighted by atomic mass is 15.0. The van der Waals surface area contributed by atoms with Gasteiger partial charge in [0.2, 0.25) is 0 Å². The van der Waals surface area contributed by atoms with Gasteiger partial charge in [0.15, 0.2) is 0 Å². The molecule has 0 bridgehead atoms. The first-order chi connectivity index (χ1) is 1.73. The summed E-state index contributed by atoms with van der Waals surface area (Å²) in [5.74, 6) is 0.167. The Balaban J connectivity index is 2.80. The molecule has 0 atom stereocenters. The van der Waals surface area contributed by atoms with E-state index in [4.69, 9.17) is 11.1 Å². The summed E-state index contributed by atoms with van der Waals surface area (Å²) in [6.07, 6.45) is 0. The van der Waals surface area contributed by atoms with Crippen LogP contribution in [0.15, 0.2) is 0 Å². The zero-order chi connectivity index (χ0) is 3.58. The van der Waals surface area contributed by atoms with E-state index < -0.39 is 0 Å². The quantitative estimate of drug-likeness (QED) is 0.230. The topological polar surface area (TPSA) is 49.9 Å². The van der Waals surface area contributed by atoms with Crippen LogP contribution < -0.4 is 5.73 Å². The molecule has 0 fully saturated rings. The predicted octanol–water partition coefficient (Wildman–Crippen LogP) is -0.0577. The van der Waals surface area contributed by atoms with E-state index in [9.17, 15) is 0 Å². The molecule has 0 aromatic carbocycles. The maximum atomic E-state index is 6.28. The minimum Gasteiger partial charge on any atom is -0.388 e. The van der Waals surface area contributed by atoms with E-state index >= 15 is 0 Å². The molecule has 2 heteroatoms. The molecule has 24 valence electrons. The van der Waals surface area contributed by atoms with Gasteiger partial charge in [0, 0.05) is 0 Å². The smallest absolute Gasteiger partial charge is 0.0873 e. The Morgan fingerprint density at radius 2 is 2.00 bits per heavy atom. The number of hydrogen-bond acceptors (Lipinski definition) is 1. The second kappa shape index (κ2) is 0.875. The zero-order valence-electron chi connectivity index (χ0n) is 2.58. The fourth-order valence-corrected chi connectivity index (χ4v) is 0. The van der Waals surface area contributed by atoms with Crippen LogP contribution in [0.4, 0.5) is 0 Å². The molecular formula is C2H6N2. The Morgan fingerprint density at radius 3 is 2.00 bits per heavy atom. The molecule has 0 aliphatic carbocycles. The van der Waals surface area contributed by atoms with Crippen molar-refractivity contribution in [1.29, 1.82) is 5.41 Å². The van der Waals surface area contributed by atoms with Gasteiger partial charge in [-0.2, -0.15) is 0 Å². The van der Waals surface area contributed by atoms with Crippen LogP contribution in [0.2, 0.25) is 0 Å². The van der Waals surface area contributed by atoms with Crippen LogP contribution in [0.25, 0.3) is 0 Å². The van der Waals surface area contributed by atoms with Gasteiger partial charge in [-0.3, -0.25) is 5.41 Å². The highest BCUT2D eigenvalue weighted by Gasteiger charge is 1.53. The Kier molecular flexibility index (Phi) is 0.759. The van der Waals surface area contributed by atoms with E-state index in [0.717, 1.165) is 0 Å². The first kappa shape index (κ1) is 3.47. The van der Waals surface area contributed by atoms with Crippen LogP contribution in [0.3, 0.4) is 0 Å². The molecular weight excluding hydrogens is 54.0 g/mol. The lowest BCUT2D eigenvalue weighted by atomic mass is 11.6. The molecule has 0 aromatic heterocycles. The summed E-state index contributed by atoms with van der Waals surface area (Å²) in [5, 5.41) is 6.28. The van der Waals surface area contributed by atoms with Crippen LogP contribution >= 0.6 is 0 Å². The Morgan fingerprint density at radius 1 is 2.00 bits per heavy atom. The van der Waals surface area contributed by atoms with Gasteiger partial charge in [-0.05, 0) is 6.92 Å². The van der Waals surface area contributed by atoms with Gasteiger partial charge in [-0.25, -0.2) is 0 Å². The lowest BCUT2D eigenvalue weighted by Crippen LogP contribution is -2.00. The minimum absolute atomic E-state index is 0.167. The van der Waals surface area contributed by atoms with Crippen LogP contribution in [0, 0.1) is 5.41 Å². The SMILES string of the molecule is [13CH3][13C](=N)N. The lowest BCUT2D eigenvalue weighted by Gasteiger charge is -1.66. The zero-order valence-corrected chi connectivity index (χ0v) is 2.58. The monoisotopic (exact) mass is 60.1 g/mol. The number of nitrogens with one attached hydrogen (secondary N) is 1. The number of rotatable bonds is 0. The van der Waals surface area contributed by atoms with Gasteiger partial charge in [0.05, 0.1) is 5.84 Å². The number of nitrogens with two attached hydrogens (primary N) is 1. The molecule has 0 aliphatic rings. The third kappa shape index (κ3) is 1.16. The van der Waals surface area contributed by atoms with Crippen molar-refractivity contribution < 1.29 is 0 Å². The van der Waals surface area contributed by atoms with Crippen molar-refractivity contribution in [2.75, 3.05) is 0 Å². The molecule has 0 rings (SSSR count). The second-order valence-electron chi connectivity index (χ2n) is 0.683. The van der Waals surface area contributed by atoms with Crippen molar-refractivity contribution >= 4 is 5.84 Å². The highest BCUT2D eigenvalue weighted by Crippen LogP contribution is 1.36. The van der Waals surface area contributed by atoms with Gasteiger partial charge in [-0.15, -0.1) is 0 Å². The van der Waals surface area contributed by atoms with Gasteiger partial charge >= 0.3 is 0 Å². The number of amidine groups is 1. The van der Waals surface area contributed by atoms with Crippen molar-refractivity contribution in [2.45, 2.75) is 6.92 Å². The van der Waals surface area contributed by atoms with Crippen LogP contribution in [-0.4, -0.2) is 5.84 Å². The van der Waals surface area contributed by atoms with Gasteiger partial charge in [0.25, 0.3) is 0 Å². The van der Waals surface area contributed by atoms with E-state index in [0.29, 0.717) is 0 Å². The van der Waals surface area contributed by atoms with Gasteiger partial charge in [-0.1, -0.05) is 0 Å². The normalized spacial score (nSPS) is 6.25. The van der Waals surface area contributed by atoms with Crippen molar-refractivity contribution in [1.82, 2.24) is 0 Å². The Labute approximate surface area is 25.1 Å². The summed E-state index contributed by atoms with van der Waals surface area (Å²) in [6, 6.07) is 0. The van der Waals surface area contributed by atoms with Gasteiger partial charge < -0.3 is 5.73 Å². The van der Waals surface area contributed by atoms with E-state index in [1.54, 1.807) is 0 Å².